The van der Waals surface area contributed by atoms with Gasteiger partial charge in [0.05, 0.1) is 13.0 Å². The van der Waals surface area contributed by atoms with Crippen molar-refractivity contribution in [1.29, 1.82) is 0 Å². The quantitative estimate of drug-likeness (QED) is 0.800. The van der Waals surface area contributed by atoms with Crippen molar-refractivity contribution in [3.8, 4) is 11.5 Å². The molecular weight excluding hydrogens is 370 g/mol. The topological polar surface area (TPSA) is 38.8 Å². The normalized spacial score (nSPS) is 16.0. The summed E-state index contributed by atoms with van der Waals surface area (Å²) in [6, 6.07) is 13.7. The summed E-state index contributed by atoms with van der Waals surface area (Å²) in [4.78, 5) is 14.5. The van der Waals surface area contributed by atoms with Crippen molar-refractivity contribution in [2.45, 2.75) is 13.0 Å². The Morgan fingerprint density at radius 2 is 2.12 bits per heavy atom. The van der Waals surface area contributed by atoms with E-state index in [1.165, 1.54) is 0 Å². The molecule has 5 heteroatoms. The Labute approximate surface area is 150 Å². The lowest BCUT2D eigenvalue weighted by atomic mass is 9.95. The number of benzene rings is 2. The van der Waals surface area contributed by atoms with Crippen molar-refractivity contribution in [2.75, 3.05) is 20.8 Å². The molecule has 1 aliphatic rings. The number of carbonyl (C=O) groups excluding carboxylic acids is 1. The van der Waals surface area contributed by atoms with Gasteiger partial charge in [-0.2, -0.15) is 0 Å². The summed E-state index contributed by atoms with van der Waals surface area (Å²) < 4.78 is 12.1. The Hall–Kier alpha value is -2.01. The molecular formula is C19H20BrNO3. The van der Waals surface area contributed by atoms with Crippen molar-refractivity contribution in [2.24, 2.45) is 5.92 Å². The predicted octanol–water partition coefficient (Wildman–Crippen LogP) is 3.67. The third-order valence-electron chi connectivity index (χ3n) is 4.25. The molecule has 0 N–H and O–H groups in total. The van der Waals surface area contributed by atoms with Gasteiger partial charge in [-0.25, -0.2) is 0 Å². The third kappa shape index (κ3) is 3.56. The monoisotopic (exact) mass is 389 g/mol. The fourth-order valence-corrected chi connectivity index (χ4v) is 3.41. The molecule has 0 aromatic heterocycles. The van der Waals surface area contributed by atoms with E-state index in [9.17, 15) is 4.79 Å². The highest BCUT2D eigenvalue weighted by molar-refractivity contribution is 9.10. The second kappa shape index (κ2) is 7.26. The van der Waals surface area contributed by atoms with Crippen LogP contribution in [0.25, 0.3) is 0 Å². The molecule has 0 aliphatic carbocycles. The second-order valence-corrected chi connectivity index (χ2v) is 6.89. The van der Waals surface area contributed by atoms with Crippen LogP contribution >= 0.6 is 15.9 Å². The lowest BCUT2D eigenvalue weighted by molar-refractivity contribution is -0.136. The van der Waals surface area contributed by atoms with Gasteiger partial charge in [0.25, 0.3) is 0 Å². The molecule has 0 saturated heterocycles. The van der Waals surface area contributed by atoms with Gasteiger partial charge in [0.1, 0.15) is 18.1 Å². The minimum Gasteiger partial charge on any atom is -0.496 e. The van der Waals surface area contributed by atoms with Crippen molar-refractivity contribution < 1.29 is 14.3 Å². The summed E-state index contributed by atoms with van der Waals surface area (Å²) in [5, 5.41) is 0. The van der Waals surface area contributed by atoms with Gasteiger partial charge in [-0.05, 0) is 36.2 Å². The van der Waals surface area contributed by atoms with Gasteiger partial charge >= 0.3 is 0 Å². The average Bonchev–Trinajstić information content (AvgIpc) is 2.61. The maximum Gasteiger partial charge on any atom is 0.229 e. The van der Waals surface area contributed by atoms with Gasteiger partial charge < -0.3 is 14.4 Å². The number of hydrogen-bond donors (Lipinski definition) is 0. The van der Waals surface area contributed by atoms with Crippen molar-refractivity contribution in [3.05, 3.63) is 58.1 Å². The van der Waals surface area contributed by atoms with Crippen LogP contribution in [0.2, 0.25) is 0 Å². The van der Waals surface area contributed by atoms with Gasteiger partial charge in [-0.3, -0.25) is 4.79 Å². The first-order chi connectivity index (χ1) is 11.6. The van der Waals surface area contributed by atoms with E-state index in [0.29, 0.717) is 13.2 Å². The van der Waals surface area contributed by atoms with Crippen molar-refractivity contribution in [3.63, 3.8) is 0 Å². The molecule has 0 saturated carbocycles. The van der Waals surface area contributed by atoms with Crippen LogP contribution in [0.15, 0.2) is 46.9 Å². The molecule has 24 heavy (non-hydrogen) atoms. The SMILES string of the molecule is COc1ccc(Br)cc1CN(C)C(=O)C1COc2ccccc2C1. The largest absolute Gasteiger partial charge is 0.496 e. The van der Waals surface area contributed by atoms with Crippen molar-refractivity contribution >= 4 is 21.8 Å². The Balaban J connectivity index is 1.71. The van der Waals surface area contributed by atoms with Crippen LogP contribution in [0, 0.1) is 5.92 Å². The number of para-hydroxylation sites is 1. The van der Waals surface area contributed by atoms with E-state index in [2.05, 4.69) is 15.9 Å². The molecule has 0 bridgehead atoms. The second-order valence-electron chi connectivity index (χ2n) is 5.97. The highest BCUT2D eigenvalue weighted by atomic mass is 79.9. The summed E-state index contributed by atoms with van der Waals surface area (Å²) >= 11 is 3.47. The summed E-state index contributed by atoms with van der Waals surface area (Å²) in [6.07, 6.45) is 0.717. The van der Waals surface area contributed by atoms with Crippen LogP contribution < -0.4 is 9.47 Å². The minimum atomic E-state index is -0.150. The van der Waals surface area contributed by atoms with E-state index < -0.39 is 0 Å². The zero-order chi connectivity index (χ0) is 17.1. The molecule has 2 aromatic rings. The van der Waals surface area contributed by atoms with E-state index in [4.69, 9.17) is 9.47 Å². The maximum absolute atomic E-state index is 12.8. The number of carbonyl (C=O) groups is 1. The minimum absolute atomic E-state index is 0.0894. The summed E-state index contributed by atoms with van der Waals surface area (Å²) in [7, 11) is 3.46. The van der Waals surface area contributed by atoms with Gasteiger partial charge in [0, 0.05) is 23.6 Å². The maximum atomic E-state index is 12.8. The third-order valence-corrected chi connectivity index (χ3v) is 4.75. The number of ether oxygens (including phenoxy) is 2. The molecule has 3 rings (SSSR count). The molecule has 0 fully saturated rings. The van der Waals surface area contributed by atoms with E-state index in [1.807, 2.05) is 49.5 Å². The van der Waals surface area contributed by atoms with E-state index >= 15 is 0 Å². The average molecular weight is 390 g/mol. The van der Waals surface area contributed by atoms with Crippen LogP contribution in [0.4, 0.5) is 0 Å². The predicted molar refractivity (Wildman–Crippen MR) is 96.3 cm³/mol. The highest BCUT2D eigenvalue weighted by Gasteiger charge is 2.28. The Bertz CT molecular complexity index is 747. The first-order valence-electron chi connectivity index (χ1n) is 7.86. The number of methoxy groups -OCH3 is 1. The molecule has 0 spiro atoms. The molecule has 1 heterocycles. The molecule has 4 nitrogen and oxygen atoms in total. The molecule has 1 atom stereocenters. The smallest absolute Gasteiger partial charge is 0.229 e. The number of halogens is 1. The number of nitrogens with zero attached hydrogens (tertiary/aromatic N) is 1. The van der Waals surface area contributed by atoms with Gasteiger partial charge in [0.15, 0.2) is 0 Å². The van der Waals surface area contributed by atoms with Crippen molar-refractivity contribution in [1.82, 2.24) is 4.90 Å². The molecule has 1 unspecified atom stereocenters. The fourth-order valence-electron chi connectivity index (χ4n) is 3.00. The number of hydrogen-bond acceptors (Lipinski definition) is 3. The molecule has 1 amide bonds. The summed E-state index contributed by atoms with van der Waals surface area (Å²) in [5.41, 5.74) is 2.07. The van der Waals surface area contributed by atoms with Crippen LogP contribution in [0.5, 0.6) is 11.5 Å². The zero-order valence-corrected chi connectivity index (χ0v) is 15.4. The zero-order valence-electron chi connectivity index (χ0n) is 13.8. The Kier molecular flexibility index (Phi) is 5.09. The number of amides is 1. The lowest BCUT2D eigenvalue weighted by Gasteiger charge is -2.28. The highest BCUT2D eigenvalue weighted by Crippen LogP contribution is 2.29. The molecule has 1 aliphatic heterocycles. The first kappa shape index (κ1) is 16.8. The van der Waals surface area contributed by atoms with Crippen LogP contribution in [-0.4, -0.2) is 31.6 Å². The van der Waals surface area contributed by atoms with E-state index in [0.717, 1.165) is 33.5 Å². The molecule has 2 aromatic carbocycles. The number of rotatable bonds is 4. The standard InChI is InChI=1S/C19H20BrNO3/c1-21(11-14-10-16(20)7-8-17(14)23-2)19(22)15-9-13-5-3-4-6-18(13)24-12-15/h3-8,10,15H,9,11-12H2,1-2H3. The first-order valence-corrected chi connectivity index (χ1v) is 8.66. The van der Waals surface area contributed by atoms with Crippen LogP contribution in [0.1, 0.15) is 11.1 Å². The van der Waals surface area contributed by atoms with E-state index in [-0.39, 0.29) is 11.8 Å². The van der Waals surface area contributed by atoms with Gasteiger partial charge in [-0.15, -0.1) is 0 Å². The molecule has 0 radical (unpaired) electrons. The number of fused-ring (bicyclic) bond motifs is 1. The van der Waals surface area contributed by atoms with Crippen LogP contribution in [-0.2, 0) is 17.8 Å². The molecule has 126 valence electrons. The summed E-state index contributed by atoms with van der Waals surface area (Å²) in [5.74, 6) is 1.61. The van der Waals surface area contributed by atoms with E-state index in [1.54, 1.807) is 12.0 Å². The van der Waals surface area contributed by atoms with Crippen LogP contribution in [0.3, 0.4) is 0 Å². The van der Waals surface area contributed by atoms with Gasteiger partial charge in [-0.1, -0.05) is 34.1 Å². The van der Waals surface area contributed by atoms with Gasteiger partial charge in [0.2, 0.25) is 5.91 Å². The Morgan fingerprint density at radius 1 is 1.33 bits per heavy atom. The lowest BCUT2D eigenvalue weighted by Crippen LogP contribution is -2.38. The Morgan fingerprint density at radius 3 is 2.92 bits per heavy atom. The summed E-state index contributed by atoms with van der Waals surface area (Å²) in [6.45, 7) is 0.926. The fraction of sp³-hybridized carbons (Fsp3) is 0.316.